The minimum absolute atomic E-state index is 0.0110. The number of rotatable bonds is 3. The number of nitrogens with zero attached hydrogens (tertiary/aromatic N) is 2. The normalized spacial score (nSPS) is 15.5. The van der Waals surface area contributed by atoms with Gasteiger partial charge < -0.3 is 5.73 Å². The molecule has 120 valence electrons. The van der Waals surface area contributed by atoms with E-state index in [2.05, 4.69) is 5.10 Å². The van der Waals surface area contributed by atoms with Gasteiger partial charge in [0, 0.05) is 5.56 Å². The number of anilines is 1. The first-order valence-corrected chi connectivity index (χ1v) is 8.08. The molecule has 1 fully saturated rings. The number of aromatic nitrogens is 2. The summed E-state index contributed by atoms with van der Waals surface area (Å²) < 4.78 is 1.50. The highest BCUT2D eigenvalue weighted by Gasteiger charge is 2.24. The Kier molecular flexibility index (Phi) is 4.28. The van der Waals surface area contributed by atoms with Crippen LogP contribution in [0.1, 0.15) is 55.4 Å². The summed E-state index contributed by atoms with van der Waals surface area (Å²) in [4.78, 5) is 24.6. The first-order chi connectivity index (χ1) is 11.1. The van der Waals surface area contributed by atoms with Crippen molar-refractivity contribution in [3.8, 4) is 11.3 Å². The molecule has 1 heterocycles. The van der Waals surface area contributed by atoms with Crippen LogP contribution < -0.4 is 11.3 Å². The van der Waals surface area contributed by atoms with Crippen molar-refractivity contribution in [3.63, 3.8) is 0 Å². The van der Waals surface area contributed by atoms with Gasteiger partial charge in [-0.3, -0.25) is 9.59 Å². The Morgan fingerprint density at radius 1 is 1.17 bits per heavy atom. The Labute approximate surface area is 135 Å². The fourth-order valence-corrected chi connectivity index (χ4v) is 3.29. The third kappa shape index (κ3) is 2.91. The number of hydrogen-bond acceptors (Lipinski definition) is 4. The van der Waals surface area contributed by atoms with Gasteiger partial charge in [-0.1, -0.05) is 49.6 Å². The third-order valence-corrected chi connectivity index (χ3v) is 4.47. The van der Waals surface area contributed by atoms with Crippen LogP contribution in [-0.2, 0) is 0 Å². The molecule has 0 unspecified atom stereocenters. The van der Waals surface area contributed by atoms with Crippen molar-refractivity contribution in [1.29, 1.82) is 0 Å². The molecule has 5 nitrogen and oxygen atoms in total. The highest BCUT2D eigenvalue weighted by molar-refractivity contribution is 6.04. The molecule has 5 heteroatoms. The van der Waals surface area contributed by atoms with Crippen LogP contribution in [0.5, 0.6) is 0 Å². The van der Waals surface area contributed by atoms with E-state index in [1.807, 2.05) is 30.3 Å². The van der Waals surface area contributed by atoms with Crippen molar-refractivity contribution in [2.24, 2.45) is 0 Å². The molecule has 1 aromatic heterocycles. The van der Waals surface area contributed by atoms with Gasteiger partial charge in [0.05, 0.1) is 11.6 Å². The summed E-state index contributed by atoms with van der Waals surface area (Å²) in [6, 6.07) is 9.49. The summed E-state index contributed by atoms with van der Waals surface area (Å²) in [6.45, 7) is 1.42. The van der Waals surface area contributed by atoms with E-state index in [1.54, 1.807) is 0 Å². The molecule has 1 aromatic carbocycles. The van der Waals surface area contributed by atoms with Crippen molar-refractivity contribution in [2.45, 2.75) is 45.1 Å². The quantitative estimate of drug-likeness (QED) is 0.883. The van der Waals surface area contributed by atoms with E-state index in [-0.39, 0.29) is 28.6 Å². The van der Waals surface area contributed by atoms with Gasteiger partial charge in [-0.05, 0) is 19.8 Å². The van der Waals surface area contributed by atoms with Crippen molar-refractivity contribution in [2.75, 3.05) is 5.73 Å². The molecule has 0 spiro atoms. The molecule has 0 bridgehead atoms. The minimum atomic E-state index is -0.346. The van der Waals surface area contributed by atoms with Crippen LogP contribution in [0.4, 0.5) is 5.69 Å². The summed E-state index contributed by atoms with van der Waals surface area (Å²) in [5.74, 6) is -0.234. The molecule has 1 aliphatic carbocycles. The zero-order valence-electron chi connectivity index (χ0n) is 13.3. The van der Waals surface area contributed by atoms with Crippen molar-refractivity contribution >= 4 is 11.5 Å². The number of carbonyl (C=O) groups is 1. The van der Waals surface area contributed by atoms with E-state index < -0.39 is 0 Å². The lowest BCUT2D eigenvalue weighted by Crippen LogP contribution is -2.32. The SMILES string of the molecule is CC(=O)c1c(-c2ccccc2)nn(C2CCCCC2)c(=O)c1N. The van der Waals surface area contributed by atoms with Crippen LogP contribution in [0.3, 0.4) is 0 Å². The Bertz CT molecular complexity index is 775. The topological polar surface area (TPSA) is 78.0 Å². The lowest BCUT2D eigenvalue weighted by molar-refractivity contribution is 0.101. The molecule has 1 saturated carbocycles. The van der Waals surface area contributed by atoms with E-state index in [9.17, 15) is 9.59 Å². The third-order valence-electron chi connectivity index (χ3n) is 4.47. The number of ketones is 1. The highest BCUT2D eigenvalue weighted by atomic mass is 16.1. The van der Waals surface area contributed by atoms with Crippen LogP contribution in [0.25, 0.3) is 11.3 Å². The van der Waals surface area contributed by atoms with Crippen LogP contribution in [0.2, 0.25) is 0 Å². The lowest BCUT2D eigenvalue weighted by atomic mass is 9.95. The van der Waals surface area contributed by atoms with Gasteiger partial charge in [0.15, 0.2) is 5.78 Å². The average molecular weight is 311 g/mol. The van der Waals surface area contributed by atoms with Gasteiger partial charge in [0.25, 0.3) is 5.56 Å². The van der Waals surface area contributed by atoms with E-state index in [0.717, 1.165) is 31.2 Å². The van der Waals surface area contributed by atoms with Gasteiger partial charge in [-0.25, -0.2) is 4.68 Å². The number of hydrogen-bond donors (Lipinski definition) is 1. The number of nitrogens with two attached hydrogens (primary N) is 1. The Morgan fingerprint density at radius 3 is 2.43 bits per heavy atom. The maximum atomic E-state index is 12.6. The number of Topliss-reactive ketones (excluding diaryl/α,β-unsaturated/α-hetero) is 1. The van der Waals surface area contributed by atoms with Gasteiger partial charge in [-0.15, -0.1) is 0 Å². The first kappa shape index (κ1) is 15.5. The minimum Gasteiger partial charge on any atom is -0.394 e. The van der Waals surface area contributed by atoms with Crippen LogP contribution in [0, 0.1) is 0 Å². The monoisotopic (exact) mass is 311 g/mol. The second-order valence-electron chi connectivity index (χ2n) is 6.10. The second-order valence-corrected chi connectivity index (χ2v) is 6.10. The predicted octanol–water partition coefficient (Wildman–Crippen LogP) is 3.20. The fourth-order valence-electron chi connectivity index (χ4n) is 3.29. The Morgan fingerprint density at radius 2 is 1.83 bits per heavy atom. The molecular weight excluding hydrogens is 290 g/mol. The number of nitrogen functional groups attached to an aromatic ring is 1. The molecule has 0 radical (unpaired) electrons. The predicted molar refractivity (Wildman–Crippen MR) is 90.5 cm³/mol. The van der Waals surface area contributed by atoms with E-state index >= 15 is 0 Å². The molecule has 2 N–H and O–H groups in total. The maximum absolute atomic E-state index is 12.6. The van der Waals surface area contributed by atoms with Crippen molar-refractivity contribution < 1.29 is 4.79 Å². The highest BCUT2D eigenvalue weighted by Crippen LogP contribution is 2.29. The fraction of sp³-hybridized carbons (Fsp3) is 0.389. The van der Waals surface area contributed by atoms with Crippen LogP contribution in [-0.4, -0.2) is 15.6 Å². The van der Waals surface area contributed by atoms with E-state index in [1.165, 1.54) is 18.0 Å². The molecule has 1 aliphatic rings. The summed E-state index contributed by atoms with van der Waals surface area (Å²) in [6.07, 6.45) is 5.24. The average Bonchev–Trinajstić information content (AvgIpc) is 2.58. The molecule has 0 amide bonds. The van der Waals surface area contributed by atoms with E-state index in [0.29, 0.717) is 5.69 Å². The molecule has 0 saturated heterocycles. The first-order valence-electron chi connectivity index (χ1n) is 8.08. The smallest absolute Gasteiger partial charge is 0.290 e. The Hall–Kier alpha value is -2.43. The maximum Gasteiger partial charge on any atom is 0.290 e. The van der Waals surface area contributed by atoms with Gasteiger partial charge >= 0.3 is 0 Å². The Balaban J connectivity index is 2.22. The molecular formula is C18H21N3O2. The molecule has 23 heavy (non-hydrogen) atoms. The molecule has 0 aliphatic heterocycles. The summed E-state index contributed by atoms with van der Waals surface area (Å²) >= 11 is 0. The summed E-state index contributed by atoms with van der Waals surface area (Å²) in [5, 5.41) is 4.55. The van der Waals surface area contributed by atoms with Gasteiger partial charge in [-0.2, -0.15) is 5.10 Å². The second kappa shape index (κ2) is 6.36. The van der Waals surface area contributed by atoms with Crippen molar-refractivity contribution in [3.05, 3.63) is 46.2 Å². The molecule has 0 atom stereocenters. The van der Waals surface area contributed by atoms with Crippen molar-refractivity contribution in [1.82, 2.24) is 9.78 Å². The largest absolute Gasteiger partial charge is 0.394 e. The summed E-state index contributed by atoms with van der Waals surface area (Å²) in [7, 11) is 0. The summed E-state index contributed by atoms with van der Waals surface area (Å²) in [5.41, 5.74) is 7.23. The van der Waals surface area contributed by atoms with Gasteiger partial charge in [0.2, 0.25) is 0 Å². The zero-order chi connectivity index (χ0) is 16.4. The van der Waals surface area contributed by atoms with Gasteiger partial charge in [0.1, 0.15) is 11.4 Å². The standard InChI is InChI=1S/C18H21N3O2/c1-12(22)15-16(19)18(23)21(14-10-6-3-7-11-14)20-17(15)13-8-4-2-5-9-13/h2,4-5,8-9,14H,3,6-7,10-11,19H2,1H3. The molecule has 2 aromatic rings. The number of benzene rings is 1. The van der Waals surface area contributed by atoms with E-state index in [4.69, 9.17) is 5.73 Å². The van der Waals surface area contributed by atoms with Crippen LogP contribution in [0.15, 0.2) is 35.1 Å². The zero-order valence-corrected chi connectivity index (χ0v) is 13.3. The lowest BCUT2D eigenvalue weighted by Gasteiger charge is -2.24. The number of carbonyl (C=O) groups excluding carboxylic acids is 1. The molecule has 3 rings (SSSR count). The van der Waals surface area contributed by atoms with Crippen LogP contribution >= 0.6 is 0 Å².